The zero-order chi connectivity index (χ0) is 19.4. The lowest BCUT2D eigenvalue weighted by Gasteiger charge is -2.51. The number of fused-ring (bicyclic) bond motifs is 1. The largest absolute Gasteiger partial charge is 0.416 e. The minimum Gasteiger partial charge on any atom is -0.378 e. The van der Waals surface area contributed by atoms with E-state index in [1.807, 2.05) is 0 Å². The predicted molar refractivity (Wildman–Crippen MR) is 101 cm³/mol. The highest BCUT2D eigenvalue weighted by Crippen LogP contribution is 2.58. The lowest BCUT2D eigenvalue weighted by atomic mass is 9.55. The van der Waals surface area contributed by atoms with Gasteiger partial charge in [-0.2, -0.15) is 13.2 Å². The van der Waals surface area contributed by atoms with Crippen LogP contribution in [-0.4, -0.2) is 42.6 Å². The van der Waals surface area contributed by atoms with Gasteiger partial charge in [-0.05, 0) is 42.9 Å². The van der Waals surface area contributed by atoms with E-state index in [0.717, 1.165) is 57.6 Å². The van der Waals surface area contributed by atoms with Crippen molar-refractivity contribution in [2.45, 2.75) is 43.3 Å². The van der Waals surface area contributed by atoms with Crippen molar-refractivity contribution in [3.8, 4) is 0 Å². The van der Waals surface area contributed by atoms with E-state index >= 15 is 0 Å². The zero-order valence-corrected chi connectivity index (χ0v) is 15.8. The van der Waals surface area contributed by atoms with E-state index in [0.29, 0.717) is 11.8 Å². The van der Waals surface area contributed by atoms with Crippen LogP contribution in [0.3, 0.4) is 0 Å². The summed E-state index contributed by atoms with van der Waals surface area (Å²) in [6, 6.07) is 5.84. The van der Waals surface area contributed by atoms with Crippen molar-refractivity contribution >= 4 is 5.84 Å². The van der Waals surface area contributed by atoms with Gasteiger partial charge in [-0.15, -0.1) is 0 Å². The smallest absolute Gasteiger partial charge is 0.378 e. The normalized spacial score (nSPS) is 34.9. The number of hydrogen-bond acceptors (Lipinski definition) is 3. The molecule has 0 aromatic heterocycles. The number of alkyl halides is 3. The third kappa shape index (κ3) is 2.88. The summed E-state index contributed by atoms with van der Waals surface area (Å²) in [4.78, 5) is 7.67. The van der Waals surface area contributed by atoms with Gasteiger partial charge in [0.1, 0.15) is 0 Å². The number of nitrogens with zero attached hydrogens (tertiary/aromatic N) is 2. The van der Waals surface area contributed by atoms with E-state index in [1.54, 1.807) is 12.1 Å². The maximum atomic E-state index is 13.0. The molecule has 150 valence electrons. The first-order valence-electron chi connectivity index (χ1n) is 10.2. The molecule has 3 aliphatic carbocycles. The number of aliphatic imine (C=N–C) groups is 1. The van der Waals surface area contributed by atoms with Crippen molar-refractivity contribution < 1.29 is 17.9 Å². The summed E-state index contributed by atoms with van der Waals surface area (Å²) in [7, 11) is 0. The van der Waals surface area contributed by atoms with Crippen molar-refractivity contribution in [3.05, 3.63) is 47.5 Å². The number of morpholine rings is 1. The van der Waals surface area contributed by atoms with Crippen LogP contribution in [0.25, 0.3) is 0 Å². The van der Waals surface area contributed by atoms with E-state index in [9.17, 15) is 13.2 Å². The van der Waals surface area contributed by atoms with Gasteiger partial charge in [0.2, 0.25) is 0 Å². The van der Waals surface area contributed by atoms with Crippen LogP contribution in [0.4, 0.5) is 13.2 Å². The minimum absolute atomic E-state index is 0.164. The summed E-state index contributed by atoms with van der Waals surface area (Å²) in [5.74, 6) is 2.07. The summed E-state index contributed by atoms with van der Waals surface area (Å²) in [6.45, 7) is 3.23. The van der Waals surface area contributed by atoms with Crippen LogP contribution in [0.15, 0.2) is 41.4 Å². The number of rotatable bonds is 1. The second-order valence-corrected chi connectivity index (χ2v) is 8.45. The monoisotopic (exact) mass is 390 g/mol. The summed E-state index contributed by atoms with van der Waals surface area (Å²) in [5.41, 5.74) is 0.218. The molecule has 3 nitrogen and oxygen atoms in total. The van der Waals surface area contributed by atoms with Crippen LogP contribution < -0.4 is 0 Å². The average Bonchev–Trinajstić information content (AvgIpc) is 3.14. The summed E-state index contributed by atoms with van der Waals surface area (Å²) in [5, 5.41) is 0. The molecule has 0 N–H and O–H groups in total. The average molecular weight is 390 g/mol. The molecule has 1 aromatic rings. The van der Waals surface area contributed by atoms with Crippen LogP contribution in [-0.2, 0) is 10.9 Å². The molecule has 28 heavy (non-hydrogen) atoms. The first-order chi connectivity index (χ1) is 13.5. The highest BCUT2D eigenvalue weighted by Gasteiger charge is 2.55. The third-order valence-corrected chi connectivity index (χ3v) is 7.07. The molecule has 2 bridgehead atoms. The van der Waals surface area contributed by atoms with Gasteiger partial charge in [0, 0.05) is 31.3 Å². The van der Waals surface area contributed by atoms with E-state index in [2.05, 4.69) is 17.1 Å². The van der Waals surface area contributed by atoms with E-state index in [-0.39, 0.29) is 11.5 Å². The number of amidine groups is 1. The Kier molecular flexibility index (Phi) is 4.30. The number of ether oxygens (including phenoxy) is 1. The molecule has 2 heterocycles. The Morgan fingerprint density at radius 2 is 1.79 bits per heavy atom. The van der Waals surface area contributed by atoms with Crippen molar-refractivity contribution in [2.75, 3.05) is 26.3 Å². The molecule has 4 atom stereocenters. The highest BCUT2D eigenvalue weighted by molar-refractivity contribution is 5.85. The molecule has 4 unspecified atom stereocenters. The lowest BCUT2D eigenvalue weighted by molar-refractivity contribution is -0.137. The molecule has 1 spiro atoms. The number of halogens is 3. The molecule has 1 saturated heterocycles. The van der Waals surface area contributed by atoms with Gasteiger partial charge in [0.15, 0.2) is 0 Å². The quantitative estimate of drug-likeness (QED) is 0.652. The molecular formula is C22H25F3N2O. The number of allylic oxidation sites excluding steroid dienone is 1. The van der Waals surface area contributed by atoms with Crippen molar-refractivity contribution in [3.63, 3.8) is 0 Å². The standard InChI is InChI=1S/C22H25F3N2O/c23-22(24,25)18-7-3-16(4-8-18)20-15-1-5-17(6-2-15)21(20)10-9-19(26-21)27-11-13-28-14-12-27/h1,3-5,7-8,15,17,20H,2,6,9-14H2. The number of hydrogen-bond donors (Lipinski definition) is 0. The second kappa shape index (κ2) is 6.61. The maximum Gasteiger partial charge on any atom is 0.416 e. The highest BCUT2D eigenvalue weighted by atomic mass is 19.4. The van der Waals surface area contributed by atoms with Gasteiger partial charge in [-0.1, -0.05) is 24.3 Å². The Hall–Kier alpha value is -1.82. The predicted octanol–water partition coefficient (Wildman–Crippen LogP) is 4.65. The molecule has 5 aliphatic rings. The lowest BCUT2D eigenvalue weighted by Crippen LogP contribution is -2.49. The Morgan fingerprint density at radius 3 is 2.43 bits per heavy atom. The fraction of sp³-hybridized carbons (Fsp3) is 0.591. The van der Waals surface area contributed by atoms with Crippen molar-refractivity contribution in [2.24, 2.45) is 16.8 Å². The van der Waals surface area contributed by atoms with Crippen LogP contribution in [0, 0.1) is 11.8 Å². The Balaban J connectivity index is 1.51. The second-order valence-electron chi connectivity index (χ2n) is 8.45. The molecular weight excluding hydrogens is 365 g/mol. The first kappa shape index (κ1) is 18.2. The van der Waals surface area contributed by atoms with E-state index < -0.39 is 11.7 Å². The summed E-state index contributed by atoms with van der Waals surface area (Å²) < 4.78 is 44.5. The molecule has 1 aromatic carbocycles. The molecule has 1 saturated carbocycles. The molecule has 2 fully saturated rings. The van der Waals surface area contributed by atoms with Crippen molar-refractivity contribution in [1.29, 1.82) is 0 Å². The van der Waals surface area contributed by atoms with Crippen LogP contribution in [0.5, 0.6) is 0 Å². The Morgan fingerprint density at radius 1 is 1.04 bits per heavy atom. The molecule has 6 rings (SSSR count). The first-order valence-corrected chi connectivity index (χ1v) is 10.2. The van der Waals surface area contributed by atoms with E-state index in [4.69, 9.17) is 9.73 Å². The van der Waals surface area contributed by atoms with Gasteiger partial charge >= 0.3 is 6.18 Å². The van der Waals surface area contributed by atoms with Gasteiger partial charge in [0.25, 0.3) is 0 Å². The Labute approximate surface area is 163 Å². The number of benzene rings is 1. The maximum absolute atomic E-state index is 13.0. The minimum atomic E-state index is -4.29. The van der Waals surface area contributed by atoms with Gasteiger partial charge < -0.3 is 9.64 Å². The molecule has 0 radical (unpaired) electrons. The van der Waals surface area contributed by atoms with Crippen molar-refractivity contribution in [1.82, 2.24) is 4.90 Å². The fourth-order valence-corrected chi connectivity index (χ4v) is 5.76. The fourth-order valence-electron chi connectivity index (χ4n) is 5.76. The van der Waals surface area contributed by atoms with E-state index in [1.165, 1.54) is 18.0 Å². The topological polar surface area (TPSA) is 24.8 Å². The summed E-state index contributed by atoms with van der Waals surface area (Å²) in [6.07, 6.45) is 4.46. The third-order valence-electron chi connectivity index (χ3n) is 7.07. The van der Waals surface area contributed by atoms with Crippen LogP contribution in [0.1, 0.15) is 42.7 Å². The molecule has 6 heteroatoms. The van der Waals surface area contributed by atoms with Gasteiger partial charge in [0.05, 0.1) is 30.2 Å². The van der Waals surface area contributed by atoms with Crippen LogP contribution >= 0.6 is 0 Å². The Bertz CT molecular complexity index is 795. The van der Waals surface area contributed by atoms with Gasteiger partial charge in [-0.25, -0.2) is 0 Å². The molecule has 0 amide bonds. The summed E-state index contributed by atoms with van der Waals surface area (Å²) >= 11 is 0. The SMILES string of the molecule is FC(F)(F)c1ccc(C2C3C=CC(CC3)C23CCC(N2CCOCC2)=N3)cc1. The van der Waals surface area contributed by atoms with Gasteiger partial charge in [-0.3, -0.25) is 4.99 Å². The zero-order valence-electron chi connectivity index (χ0n) is 15.8. The molecule has 2 aliphatic heterocycles. The van der Waals surface area contributed by atoms with Crippen LogP contribution in [0.2, 0.25) is 0 Å².